The molecule has 0 spiro atoms. The monoisotopic (exact) mass is 276 g/mol. The lowest BCUT2D eigenvalue weighted by Crippen LogP contribution is -2.25. The maximum atomic E-state index is 12.5. The number of aryl methyl sites for hydroxylation is 1. The van der Waals surface area contributed by atoms with E-state index in [0.717, 1.165) is 6.07 Å². The first-order valence-corrected chi connectivity index (χ1v) is 6.62. The molecule has 0 aliphatic heterocycles. The average Bonchev–Trinajstić information content (AvgIpc) is 2.47. The van der Waals surface area contributed by atoms with Crippen molar-refractivity contribution in [3.63, 3.8) is 0 Å². The second-order valence-corrected chi connectivity index (χ2v) is 5.77. The quantitative estimate of drug-likeness (QED) is 0.797. The molecule has 0 aliphatic carbocycles. The summed E-state index contributed by atoms with van der Waals surface area (Å²) in [5.74, 6) is -0.441. The van der Waals surface area contributed by atoms with E-state index in [1.165, 1.54) is 6.07 Å². The molecule has 0 amide bonds. The third-order valence-electron chi connectivity index (χ3n) is 1.87. The first-order chi connectivity index (χ1) is 7.16. The Hall–Kier alpha value is -0.690. The van der Waals surface area contributed by atoms with Gasteiger partial charge in [0.1, 0.15) is 11.5 Å². The maximum Gasteiger partial charge on any atom is 0.413 e. The molecule has 92 valence electrons. The van der Waals surface area contributed by atoms with E-state index in [9.17, 15) is 21.6 Å². The third-order valence-corrected chi connectivity index (χ3v) is 3.47. The minimum absolute atomic E-state index is 0.268. The summed E-state index contributed by atoms with van der Waals surface area (Å²) >= 11 is 0. The molecule has 0 radical (unpaired) electrons. The summed E-state index contributed by atoms with van der Waals surface area (Å²) in [6.45, 7) is 1.67. The van der Waals surface area contributed by atoms with Crippen molar-refractivity contribution in [2.45, 2.75) is 24.8 Å². The fourth-order valence-corrected chi connectivity index (χ4v) is 2.47. The summed E-state index contributed by atoms with van der Waals surface area (Å²) in [6.07, 6.45) is -4.63. The van der Waals surface area contributed by atoms with Crippen molar-refractivity contribution >= 4 is 19.7 Å². The molecular weight excluding hydrogens is 269 g/mol. The Morgan fingerprint density at radius 3 is 2.31 bits per heavy atom. The van der Waals surface area contributed by atoms with Crippen LogP contribution < -0.4 is 0 Å². The van der Waals surface area contributed by atoms with Gasteiger partial charge in [-0.25, -0.2) is 8.42 Å². The van der Waals surface area contributed by atoms with Crippen molar-refractivity contribution in [1.82, 2.24) is 0 Å². The van der Waals surface area contributed by atoms with Crippen molar-refractivity contribution in [1.29, 1.82) is 0 Å². The Labute approximate surface area is 94.6 Å². The molecule has 0 aromatic carbocycles. The highest BCUT2D eigenvalue weighted by Crippen LogP contribution is 2.41. The smallest absolute Gasteiger partial charge is 0.413 e. The van der Waals surface area contributed by atoms with Gasteiger partial charge >= 0.3 is 6.18 Å². The van der Waals surface area contributed by atoms with Crippen molar-refractivity contribution in [3.05, 3.63) is 23.7 Å². The molecule has 3 nitrogen and oxygen atoms in total. The van der Waals surface area contributed by atoms with Gasteiger partial charge in [-0.05, 0) is 12.1 Å². The molecule has 0 saturated carbocycles. The molecule has 1 atom stereocenters. The van der Waals surface area contributed by atoms with Gasteiger partial charge in [-0.15, -0.1) is 0 Å². The zero-order chi connectivity index (χ0) is 12.6. The van der Waals surface area contributed by atoms with Crippen molar-refractivity contribution in [2.24, 2.45) is 0 Å². The molecule has 1 rings (SSSR count). The number of furan rings is 1. The molecular formula is C8H8ClF3O3S. The van der Waals surface area contributed by atoms with Crippen LogP contribution in [0.15, 0.2) is 16.5 Å². The van der Waals surface area contributed by atoms with Crippen LogP contribution in [0.2, 0.25) is 0 Å². The van der Waals surface area contributed by atoms with Crippen LogP contribution in [0, 0.1) is 0 Å². The van der Waals surface area contributed by atoms with E-state index in [0.29, 0.717) is 6.42 Å². The summed E-state index contributed by atoms with van der Waals surface area (Å²) in [7, 11) is -0.0541. The Morgan fingerprint density at radius 1 is 1.44 bits per heavy atom. The zero-order valence-corrected chi connectivity index (χ0v) is 9.66. The van der Waals surface area contributed by atoms with E-state index < -0.39 is 26.2 Å². The lowest BCUT2D eigenvalue weighted by molar-refractivity contribution is -0.134. The molecule has 8 heteroatoms. The topological polar surface area (TPSA) is 47.3 Å². The normalized spacial score (nSPS) is 15.1. The van der Waals surface area contributed by atoms with Crippen LogP contribution in [-0.2, 0) is 15.5 Å². The second kappa shape index (κ2) is 4.29. The second-order valence-electron chi connectivity index (χ2n) is 3.05. The number of hydrogen-bond donors (Lipinski definition) is 0. The SMILES string of the molecule is CCc1ccc(C(C(F)(F)F)S(=O)(=O)Cl)o1. The van der Waals surface area contributed by atoms with E-state index in [1.54, 1.807) is 6.92 Å². The van der Waals surface area contributed by atoms with Crippen LogP contribution in [0.4, 0.5) is 13.2 Å². The fraction of sp³-hybridized carbons (Fsp3) is 0.500. The summed E-state index contributed by atoms with van der Waals surface area (Å²) < 4.78 is 64.0. The molecule has 1 aromatic rings. The number of hydrogen-bond acceptors (Lipinski definition) is 3. The lowest BCUT2D eigenvalue weighted by Gasteiger charge is -2.14. The van der Waals surface area contributed by atoms with E-state index in [1.807, 2.05) is 0 Å². The van der Waals surface area contributed by atoms with Crippen LogP contribution in [0.1, 0.15) is 23.7 Å². The van der Waals surface area contributed by atoms with E-state index in [2.05, 4.69) is 0 Å². The molecule has 0 fully saturated rings. The lowest BCUT2D eigenvalue weighted by atomic mass is 10.3. The summed E-state index contributed by atoms with van der Waals surface area (Å²) in [5, 5.41) is -2.82. The van der Waals surface area contributed by atoms with Gasteiger partial charge in [-0.2, -0.15) is 13.2 Å². The Kier molecular flexibility index (Phi) is 3.59. The highest BCUT2D eigenvalue weighted by molar-refractivity contribution is 8.14. The van der Waals surface area contributed by atoms with Crippen molar-refractivity contribution in [2.75, 3.05) is 0 Å². The van der Waals surface area contributed by atoms with Gasteiger partial charge in [-0.1, -0.05) is 6.92 Å². The first kappa shape index (κ1) is 13.4. The molecule has 0 N–H and O–H groups in total. The molecule has 1 aromatic heterocycles. The number of halogens is 4. The van der Waals surface area contributed by atoms with Gasteiger partial charge in [0.15, 0.2) is 0 Å². The third kappa shape index (κ3) is 2.91. The minimum atomic E-state index is -5.00. The van der Waals surface area contributed by atoms with E-state index in [-0.39, 0.29) is 5.76 Å². The largest absolute Gasteiger partial charge is 0.464 e. The average molecular weight is 277 g/mol. The van der Waals surface area contributed by atoms with Crippen LogP contribution in [0.5, 0.6) is 0 Å². The summed E-state index contributed by atoms with van der Waals surface area (Å²) in [4.78, 5) is 0. The Balaban J connectivity index is 3.23. The number of rotatable bonds is 3. The van der Waals surface area contributed by atoms with Gasteiger partial charge in [0.05, 0.1) is 0 Å². The van der Waals surface area contributed by atoms with E-state index >= 15 is 0 Å². The standard InChI is InChI=1S/C8H8ClF3O3S/c1-2-5-3-4-6(15-5)7(8(10,11)12)16(9,13)14/h3-4,7H,2H2,1H3. The summed E-state index contributed by atoms with van der Waals surface area (Å²) in [5.41, 5.74) is 0. The Bertz CT molecular complexity index is 463. The molecule has 0 saturated heterocycles. The van der Waals surface area contributed by atoms with Crippen molar-refractivity contribution in [3.8, 4) is 0 Å². The summed E-state index contributed by atoms with van der Waals surface area (Å²) in [6, 6.07) is 2.26. The fourth-order valence-electron chi connectivity index (χ4n) is 1.19. The molecule has 16 heavy (non-hydrogen) atoms. The molecule has 1 unspecified atom stereocenters. The number of alkyl halides is 3. The highest BCUT2D eigenvalue weighted by Gasteiger charge is 2.51. The van der Waals surface area contributed by atoms with Crippen LogP contribution in [0.3, 0.4) is 0 Å². The van der Waals surface area contributed by atoms with Crippen LogP contribution in [-0.4, -0.2) is 14.6 Å². The molecule has 1 heterocycles. The van der Waals surface area contributed by atoms with Gasteiger partial charge in [-0.3, -0.25) is 0 Å². The van der Waals surface area contributed by atoms with Crippen LogP contribution >= 0.6 is 10.7 Å². The molecule has 0 aliphatic rings. The Morgan fingerprint density at radius 2 is 2.00 bits per heavy atom. The van der Waals surface area contributed by atoms with Gasteiger partial charge in [0, 0.05) is 17.1 Å². The zero-order valence-electron chi connectivity index (χ0n) is 8.08. The van der Waals surface area contributed by atoms with Crippen molar-refractivity contribution < 1.29 is 26.0 Å². The minimum Gasteiger partial charge on any atom is -0.464 e. The predicted octanol–water partition coefficient (Wildman–Crippen LogP) is 3.01. The molecule has 0 bridgehead atoms. The highest BCUT2D eigenvalue weighted by atomic mass is 35.7. The van der Waals surface area contributed by atoms with Crippen LogP contribution in [0.25, 0.3) is 0 Å². The van der Waals surface area contributed by atoms with Gasteiger partial charge in [0.2, 0.25) is 5.25 Å². The van der Waals surface area contributed by atoms with E-state index in [4.69, 9.17) is 15.1 Å². The predicted molar refractivity (Wildman–Crippen MR) is 51.7 cm³/mol. The first-order valence-electron chi connectivity index (χ1n) is 4.25. The van der Waals surface area contributed by atoms with Gasteiger partial charge in [0.25, 0.3) is 9.05 Å². The maximum absolute atomic E-state index is 12.5. The van der Waals surface area contributed by atoms with Gasteiger partial charge < -0.3 is 4.42 Å².